The standard InChI is InChI=1S/C7H7Cl.C6H12.C5H10.C3H8.CH2Cl2/c1-6-2-4-7(8)5-3-6;1-2-4-6-5-3-1;1-2-4-5-3-1;1-3-2;2-1-3/h2-5H,1H3;1-6H2;1-5H2;3H2,1-2H3;1H2. The van der Waals surface area contributed by atoms with E-state index in [2.05, 4.69) is 13.8 Å². The molecule has 0 saturated heterocycles. The van der Waals surface area contributed by atoms with Crippen LogP contribution in [0, 0.1) is 6.92 Å². The summed E-state index contributed by atoms with van der Waals surface area (Å²) in [4.78, 5) is 0. The van der Waals surface area contributed by atoms with E-state index in [0.717, 1.165) is 5.02 Å². The fraction of sp³-hybridized carbons (Fsp3) is 0.727. The zero-order valence-corrected chi connectivity index (χ0v) is 18.9. The molecular weight excluding hydrogens is 371 g/mol. The minimum absolute atomic E-state index is 0.194. The second-order valence-electron chi connectivity index (χ2n) is 6.49. The van der Waals surface area contributed by atoms with Crippen LogP contribution in [-0.2, 0) is 0 Å². The summed E-state index contributed by atoms with van der Waals surface area (Å²) in [5.74, 6) is 0. The molecule has 2 aliphatic rings. The molecule has 2 fully saturated rings. The first-order chi connectivity index (χ1) is 12.1. The summed E-state index contributed by atoms with van der Waals surface area (Å²) in [6.45, 7) is 6.29. The second-order valence-corrected chi connectivity index (χ2v) is 7.74. The molecule has 0 N–H and O–H groups in total. The molecule has 0 amide bonds. The Bertz CT molecular complexity index is 286. The van der Waals surface area contributed by atoms with Crippen LogP contribution in [0.4, 0.5) is 0 Å². The Morgan fingerprint density at radius 3 is 1.00 bits per heavy atom. The fourth-order valence-electron chi connectivity index (χ4n) is 2.48. The van der Waals surface area contributed by atoms with Crippen molar-refractivity contribution in [3.63, 3.8) is 0 Å². The third-order valence-electron chi connectivity index (χ3n) is 3.76. The predicted molar refractivity (Wildman–Crippen MR) is 120 cm³/mol. The van der Waals surface area contributed by atoms with Gasteiger partial charge in [0, 0.05) is 5.02 Å². The largest absolute Gasteiger partial charge is 0.109 e. The fourth-order valence-corrected chi connectivity index (χ4v) is 2.60. The van der Waals surface area contributed by atoms with Crippen LogP contribution in [0.1, 0.15) is 96.5 Å². The molecule has 3 heteroatoms. The van der Waals surface area contributed by atoms with E-state index in [0.29, 0.717) is 0 Å². The van der Waals surface area contributed by atoms with Crippen LogP contribution < -0.4 is 0 Å². The van der Waals surface area contributed by atoms with Crippen molar-refractivity contribution < 1.29 is 0 Å². The molecule has 0 atom stereocenters. The minimum atomic E-state index is 0.194. The monoisotopic (exact) mass is 408 g/mol. The van der Waals surface area contributed by atoms with Crippen LogP contribution in [0.3, 0.4) is 0 Å². The molecule has 1 aromatic carbocycles. The van der Waals surface area contributed by atoms with Gasteiger partial charge in [-0.1, -0.05) is 120 Å². The molecule has 2 saturated carbocycles. The number of halogens is 3. The summed E-state index contributed by atoms with van der Waals surface area (Å²) in [5.41, 5.74) is 1.24. The lowest BCUT2D eigenvalue weighted by atomic mass is 10.0. The molecule has 1 aromatic rings. The van der Waals surface area contributed by atoms with E-state index in [1.807, 2.05) is 31.2 Å². The average molecular weight is 410 g/mol. The molecule has 148 valence electrons. The Morgan fingerprint density at radius 1 is 0.640 bits per heavy atom. The number of rotatable bonds is 0. The number of hydrogen-bond donors (Lipinski definition) is 0. The molecule has 0 nitrogen and oxygen atoms in total. The minimum Gasteiger partial charge on any atom is -0.109 e. The Morgan fingerprint density at radius 2 is 0.840 bits per heavy atom. The van der Waals surface area contributed by atoms with Crippen molar-refractivity contribution >= 4 is 34.8 Å². The van der Waals surface area contributed by atoms with E-state index in [-0.39, 0.29) is 5.34 Å². The molecule has 0 aliphatic heterocycles. The Labute approximate surface area is 172 Å². The van der Waals surface area contributed by atoms with Crippen LogP contribution >= 0.6 is 34.8 Å². The highest BCUT2D eigenvalue weighted by molar-refractivity contribution is 6.40. The van der Waals surface area contributed by atoms with Gasteiger partial charge in [-0.05, 0) is 19.1 Å². The van der Waals surface area contributed by atoms with Crippen molar-refractivity contribution in [2.45, 2.75) is 97.8 Å². The third-order valence-corrected chi connectivity index (χ3v) is 4.01. The van der Waals surface area contributed by atoms with Gasteiger partial charge >= 0.3 is 0 Å². The van der Waals surface area contributed by atoms with Gasteiger partial charge in [-0.15, -0.1) is 23.2 Å². The molecule has 0 bridgehead atoms. The molecule has 0 radical (unpaired) electrons. The summed E-state index contributed by atoms with van der Waals surface area (Å²) in [7, 11) is 0. The predicted octanol–water partition coefficient (Wildman–Crippen LogP) is 9.78. The van der Waals surface area contributed by atoms with E-state index >= 15 is 0 Å². The van der Waals surface area contributed by atoms with E-state index in [9.17, 15) is 0 Å². The van der Waals surface area contributed by atoms with Crippen LogP contribution in [0.15, 0.2) is 24.3 Å². The van der Waals surface area contributed by atoms with E-state index in [1.54, 1.807) is 0 Å². The summed E-state index contributed by atoms with van der Waals surface area (Å²) in [5, 5.41) is 0.996. The third kappa shape index (κ3) is 26.4. The van der Waals surface area contributed by atoms with Crippen molar-refractivity contribution in [3.8, 4) is 0 Å². The Balaban J connectivity index is 0. The SMILES string of the molecule is C1CCCC1.C1CCCCC1.CCC.Cc1ccc(Cl)cc1.ClCCl. The number of aryl methyl sites for hydroxylation is 1. The maximum absolute atomic E-state index is 5.61. The zero-order valence-electron chi connectivity index (χ0n) is 16.6. The summed E-state index contributed by atoms with van der Waals surface area (Å²) in [6, 6.07) is 7.75. The summed E-state index contributed by atoms with van der Waals surface area (Å²) < 4.78 is 0. The van der Waals surface area contributed by atoms with E-state index in [1.165, 1.54) is 82.6 Å². The van der Waals surface area contributed by atoms with Crippen LogP contribution in [0.25, 0.3) is 0 Å². The number of alkyl halides is 2. The highest BCUT2D eigenvalue weighted by Crippen LogP contribution is 2.15. The number of hydrogen-bond acceptors (Lipinski definition) is 0. The van der Waals surface area contributed by atoms with Gasteiger partial charge in [0.05, 0.1) is 5.34 Å². The van der Waals surface area contributed by atoms with Crippen LogP contribution in [0.5, 0.6) is 0 Å². The Kier molecular flexibility index (Phi) is 26.3. The number of benzene rings is 1. The van der Waals surface area contributed by atoms with Gasteiger partial charge in [0.15, 0.2) is 0 Å². The highest BCUT2D eigenvalue weighted by atomic mass is 35.5. The van der Waals surface area contributed by atoms with Crippen molar-refractivity contribution in [2.24, 2.45) is 0 Å². The molecule has 0 heterocycles. The lowest BCUT2D eigenvalue weighted by Gasteiger charge is -2.05. The van der Waals surface area contributed by atoms with Crippen molar-refractivity contribution in [1.82, 2.24) is 0 Å². The smallest absolute Gasteiger partial charge is 0.0967 e. The molecule has 0 spiro atoms. The first kappa shape index (κ1) is 27.3. The van der Waals surface area contributed by atoms with Crippen molar-refractivity contribution in [3.05, 3.63) is 34.9 Å². The van der Waals surface area contributed by atoms with Crippen molar-refractivity contribution in [2.75, 3.05) is 5.34 Å². The summed E-state index contributed by atoms with van der Waals surface area (Å²) >= 11 is 15.1. The van der Waals surface area contributed by atoms with Crippen LogP contribution in [0.2, 0.25) is 5.02 Å². The molecule has 3 rings (SSSR count). The normalized spacial score (nSPS) is 15.0. The Hall–Kier alpha value is 0.0900. The maximum atomic E-state index is 5.61. The van der Waals surface area contributed by atoms with Crippen molar-refractivity contribution in [1.29, 1.82) is 0 Å². The van der Waals surface area contributed by atoms with Crippen LogP contribution in [-0.4, -0.2) is 5.34 Å². The molecule has 25 heavy (non-hydrogen) atoms. The van der Waals surface area contributed by atoms with Gasteiger partial charge in [-0.25, -0.2) is 0 Å². The summed E-state index contributed by atoms with van der Waals surface area (Å²) in [6.07, 6.45) is 17.8. The lowest BCUT2D eigenvalue weighted by Crippen LogP contribution is -1.85. The van der Waals surface area contributed by atoms with Gasteiger partial charge in [-0.3, -0.25) is 0 Å². The quantitative estimate of drug-likeness (QED) is 0.374. The molecule has 2 aliphatic carbocycles. The van der Waals surface area contributed by atoms with Gasteiger partial charge in [0.2, 0.25) is 0 Å². The van der Waals surface area contributed by atoms with Gasteiger partial charge < -0.3 is 0 Å². The topological polar surface area (TPSA) is 0 Å². The van der Waals surface area contributed by atoms with Gasteiger partial charge in [-0.2, -0.15) is 0 Å². The molecular formula is C22H39Cl3. The van der Waals surface area contributed by atoms with Gasteiger partial charge in [0.25, 0.3) is 0 Å². The molecule has 0 unspecified atom stereocenters. The van der Waals surface area contributed by atoms with E-state index in [4.69, 9.17) is 34.8 Å². The second kappa shape index (κ2) is 24.1. The maximum Gasteiger partial charge on any atom is 0.0967 e. The lowest BCUT2D eigenvalue weighted by molar-refractivity contribution is 0.504. The zero-order chi connectivity index (χ0) is 19.2. The average Bonchev–Trinajstić information content (AvgIpc) is 3.21. The first-order valence-corrected chi connectivity index (χ1v) is 11.4. The first-order valence-electron chi connectivity index (χ1n) is 9.96. The highest BCUT2D eigenvalue weighted by Gasteiger charge is 1.96. The molecule has 0 aromatic heterocycles. The van der Waals surface area contributed by atoms with Gasteiger partial charge in [0.1, 0.15) is 0 Å². The van der Waals surface area contributed by atoms with E-state index < -0.39 is 0 Å².